The van der Waals surface area contributed by atoms with Crippen molar-refractivity contribution >= 4 is 17.5 Å². The maximum atomic E-state index is 12.6. The SMILES string of the molecule is C[C@H](NC(=O)[C@@H]1CC(=O)N(c2ccc3c(c2)OCCO3)C1)c1ccccc1. The van der Waals surface area contributed by atoms with Crippen LogP contribution in [0.25, 0.3) is 0 Å². The van der Waals surface area contributed by atoms with Crippen molar-refractivity contribution in [2.45, 2.75) is 19.4 Å². The number of hydrogen-bond acceptors (Lipinski definition) is 4. The van der Waals surface area contributed by atoms with E-state index in [0.717, 1.165) is 11.3 Å². The molecule has 0 aliphatic carbocycles. The van der Waals surface area contributed by atoms with Gasteiger partial charge in [-0.25, -0.2) is 0 Å². The van der Waals surface area contributed by atoms with Gasteiger partial charge in [-0.15, -0.1) is 0 Å². The molecule has 1 N–H and O–H groups in total. The Morgan fingerprint density at radius 1 is 1.11 bits per heavy atom. The van der Waals surface area contributed by atoms with Crippen molar-refractivity contribution < 1.29 is 19.1 Å². The molecule has 2 heterocycles. The summed E-state index contributed by atoms with van der Waals surface area (Å²) < 4.78 is 11.1. The smallest absolute Gasteiger partial charge is 0.227 e. The third kappa shape index (κ3) is 3.60. The average Bonchev–Trinajstić information content (AvgIpc) is 3.10. The fourth-order valence-electron chi connectivity index (χ4n) is 3.49. The molecule has 2 aromatic rings. The zero-order valence-corrected chi connectivity index (χ0v) is 15.2. The van der Waals surface area contributed by atoms with Gasteiger partial charge >= 0.3 is 0 Å². The Bertz CT molecular complexity index is 853. The van der Waals surface area contributed by atoms with Crippen molar-refractivity contribution in [1.82, 2.24) is 5.32 Å². The molecule has 4 rings (SSSR count). The van der Waals surface area contributed by atoms with E-state index >= 15 is 0 Å². The molecule has 0 spiro atoms. The lowest BCUT2D eigenvalue weighted by Gasteiger charge is -2.22. The Balaban J connectivity index is 1.43. The highest BCUT2D eigenvalue weighted by atomic mass is 16.6. The van der Waals surface area contributed by atoms with Crippen LogP contribution in [0.2, 0.25) is 0 Å². The Morgan fingerprint density at radius 3 is 2.63 bits per heavy atom. The molecule has 0 saturated carbocycles. The van der Waals surface area contributed by atoms with Gasteiger partial charge in [0.1, 0.15) is 13.2 Å². The van der Waals surface area contributed by atoms with Crippen molar-refractivity contribution in [1.29, 1.82) is 0 Å². The maximum absolute atomic E-state index is 12.6. The molecule has 2 amide bonds. The summed E-state index contributed by atoms with van der Waals surface area (Å²) in [4.78, 5) is 26.8. The third-order valence-electron chi connectivity index (χ3n) is 4.99. The Labute approximate surface area is 158 Å². The van der Waals surface area contributed by atoms with Crippen molar-refractivity contribution in [2.75, 3.05) is 24.7 Å². The van der Waals surface area contributed by atoms with E-state index in [0.29, 0.717) is 31.3 Å². The summed E-state index contributed by atoms with van der Waals surface area (Å²) in [7, 11) is 0. The van der Waals surface area contributed by atoms with E-state index in [2.05, 4.69) is 5.32 Å². The lowest BCUT2D eigenvalue weighted by molar-refractivity contribution is -0.126. The summed E-state index contributed by atoms with van der Waals surface area (Å²) in [5, 5.41) is 3.02. The average molecular weight is 366 g/mol. The van der Waals surface area contributed by atoms with Gasteiger partial charge in [0.2, 0.25) is 11.8 Å². The molecule has 2 atom stereocenters. The first kappa shape index (κ1) is 17.4. The predicted octanol–water partition coefficient (Wildman–Crippen LogP) is 2.69. The van der Waals surface area contributed by atoms with Gasteiger partial charge < -0.3 is 19.7 Å². The molecule has 1 fully saturated rings. The summed E-state index contributed by atoms with van der Waals surface area (Å²) in [5.74, 6) is 0.801. The van der Waals surface area contributed by atoms with E-state index in [1.807, 2.05) is 49.4 Å². The van der Waals surface area contributed by atoms with Crippen LogP contribution in [-0.2, 0) is 9.59 Å². The standard InChI is InChI=1S/C21H22N2O4/c1-14(15-5-3-2-4-6-15)22-21(25)16-11-20(24)23(13-16)17-7-8-18-19(12-17)27-10-9-26-18/h2-8,12,14,16H,9-11,13H2,1H3,(H,22,25)/t14-,16+/m0/s1. The second kappa shape index (κ2) is 7.31. The predicted molar refractivity (Wildman–Crippen MR) is 101 cm³/mol. The highest BCUT2D eigenvalue weighted by Crippen LogP contribution is 2.36. The molecular weight excluding hydrogens is 344 g/mol. The molecule has 0 aromatic heterocycles. The minimum atomic E-state index is -0.364. The minimum Gasteiger partial charge on any atom is -0.486 e. The van der Waals surface area contributed by atoms with Gasteiger partial charge in [0.05, 0.1) is 12.0 Å². The van der Waals surface area contributed by atoms with Crippen molar-refractivity contribution in [2.24, 2.45) is 5.92 Å². The number of nitrogens with one attached hydrogen (secondary N) is 1. The zero-order chi connectivity index (χ0) is 18.8. The number of anilines is 1. The van der Waals surface area contributed by atoms with Crippen molar-refractivity contribution in [3.8, 4) is 11.5 Å². The summed E-state index contributed by atoms with van der Waals surface area (Å²) >= 11 is 0. The van der Waals surface area contributed by atoms with E-state index in [4.69, 9.17) is 9.47 Å². The summed E-state index contributed by atoms with van der Waals surface area (Å²) in [6, 6.07) is 15.1. The Hall–Kier alpha value is -3.02. The molecule has 0 radical (unpaired) electrons. The first-order chi connectivity index (χ1) is 13.1. The van der Waals surface area contributed by atoms with Gasteiger partial charge in [0, 0.05) is 24.7 Å². The molecule has 6 nitrogen and oxygen atoms in total. The molecular formula is C21H22N2O4. The summed E-state index contributed by atoms with van der Waals surface area (Å²) in [5.41, 5.74) is 1.77. The number of rotatable bonds is 4. The number of ether oxygens (including phenoxy) is 2. The van der Waals surface area contributed by atoms with Crippen molar-refractivity contribution in [3.63, 3.8) is 0 Å². The minimum absolute atomic E-state index is 0.0563. The largest absolute Gasteiger partial charge is 0.486 e. The monoisotopic (exact) mass is 366 g/mol. The van der Waals surface area contributed by atoms with Crippen LogP contribution in [0.1, 0.15) is 24.9 Å². The van der Waals surface area contributed by atoms with Gasteiger partial charge in [-0.1, -0.05) is 30.3 Å². The molecule has 140 valence electrons. The fraction of sp³-hybridized carbons (Fsp3) is 0.333. The van der Waals surface area contributed by atoms with Crippen LogP contribution >= 0.6 is 0 Å². The van der Waals surface area contributed by atoms with Gasteiger partial charge in [-0.05, 0) is 24.6 Å². The first-order valence-corrected chi connectivity index (χ1v) is 9.17. The van der Waals surface area contributed by atoms with Crippen LogP contribution in [-0.4, -0.2) is 31.6 Å². The first-order valence-electron chi connectivity index (χ1n) is 9.17. The molecule has 2 aromatic carbocycles. The highest BCUT2D eigenvalue weighted by molar-refractivity contribution is 6.00. The Morgan fingerprint density at radius 2 is 1.85 bits per heavy atom. The number of carbonyl (C=O) groups excluding carboxylic acids is 2. The lowest BCUT2D eigenvalue weighted by atomic mass is 10.1. The van der Waals surface area contributed by atoms with Crippen LogP contribution in [0.15, 0.2) is 48.5 Å². The number of benzene rings is 2. The lowest BCUT2D eigenvalue weighted by Crippen LogP contribution is -2.34. The van der Waals surface area contributed by atoms with Crippen LogP contribution in [0.3, 0.4) is 0 Å². The normalized spacial score (nSPS) is 19.7. The molecule has 0 bridgehead atoms. The number of fused-ring (bicyclic) bond motifs is 1. The van der Waals surface area contributed by atoms with Gasteiger partial charge in [-0.3, -0.25) is 9.59 Å². The molecule has 2 aliphatic rings. The second-order valence-corrected chi connectivity index (χ2v) is 6.87. The van der Waals surface area contributed by atoms with E-state index in [1.54, 1.807) is 11.0 Å². The maximum Gasteiger partial charge on any atom is 0.227 e. The highest BCUT2D eigenvalue weighted by Gasteiger charge is 2.36. The van der Waals surface area contributed by atoms with Gasteiger partial charge in [0.15, 0.2) is 11.5 Å². The molecule has 2 aliphatic heterocycles. The van der Waals surface area contributed by atoms with E-state index in [9.17, 15) is 9.59 Å². The van der Waals surface area contributed by atoms with Crippen LogP contribution in [0.5, 0.6) is 11.5 Å². The topological polar surface area (TPSA) is 67.9 Å². The van der Waals surface area contributed by atoms with Crippen LogP contribution < -0.4 is 19.7 Å². The van der Waals surface area contributed by atoms with Crippen molar-refractivity contribution in [3.05, 3.63) is 54.1 Å². The summed E-state index contributed by atoms with van der Waals surface area (Å²) in [6.07, 6.45) is 0.210. The van der Waals surface area contributed by atoms with Crippen LogP contribution in [0, 0.1) is 5.92 Å². The van der Waals surface area contributed by atoms with Crippen LogP contribution in [0.4, 0.5) is 5.69 Å². The molecule has 27 heavy (non-hydrogen) atoms. The third-order valence-corrected chi connectivity index (χ3v) is 4.99. The number of nitrogens with zero attached hydrogens (tertiary/aromatic N) is 1. The van der Waals surface area contributed by atoms with Gasteiger partial charge in [0.25, 0.3) is 0 Å². The number of hydrogen-bond donors (Lipinski definition) is 1. The zero-order valence-electron chi connectivity index (χ0n) is 15.2. The molecule has 6 heteroatoms. The molecule has 0 unspecified atom stereocenters. The summed E-state index contributed by atoms with van der Waals surface area (Å²) in [6.45, 7) is 3.33. The van der Waals surface area contributed by atoms with E-state index in [-0.39, 0.29) is 30.2 Å². The van der Waals surface area contributed by atoms with E-state index in [1.165, 1.54) is 0 Å². The van der Waals surface area contributed by atoms with E-state index < -0.39 is 0 Å². The number of amides is 2. The fourth-order valence-corrected chi connectivity index (χ4v) is 3.49. The second-order valence-electron chi connectivity index (χ2n) is 6.87. The number of carbonyl (C=O) groups is 2. The van der Waals surface area contributed by atoms with Gasteiger partial charge in [-0.2, -0.15) is 0 Å². The quantitative estimate of drug-likeness (QED) is 0.903. The Kier molecular flexibility index (Phi) is 4.71. The molecule has 1 saturated heterocycles.